The predicted molar refractivity (Wildman–Crippen MR) is 88.0 cm³/mol. The van der Waals surface area contributed by atoms with Crippen molar-refractivity contribution < 1.29 is 0 Å². The van der Waals surface area contributed by atoms with Gasteiger partial charge in [0, 0.05) is 18.5 Å². The van der Waals surface area contributed by atoms with Crippen LogP contribution in [0.15, 0.2) is 42.7 Å². The lowest BCUT2D eigenvalue weighted by Crippen LogP contribution is -2.21. The van der Waals surface area contributed by atoms with Gasteiger partial charge in [0.05, 0.1) is 23.1 Å². The Morgan fingerprint density at radius 2 is 1.86 bits per heavy atom. The van der Waals surface area contributed by atoms with Crippen molar-refractivity contribution in [3.63, 3.8) is 0 Å². The average Bonchev–Trinajstić information content (AvgIpc) is 2.60. The molecule has 0 bridgehead atoms. The molecule has 1 unspecified atom stereocenters. The second-order valence-corrected chi connectivity index (χ2v) is 6.79. The van der Waals surface area contributed by atoms with Crippen LogP contribution in [0.3, 0.4) is 0 Å². The van der Waals surface area contributed by atoms with Crippen LogP contribution in [0.4, 0.5) is 0 Å². The number of rotatable bonds is 0. The van der Waals surface area contributed by atoms with Crippen molar-refractivity contribution in [1.82, 2.24) is 15.0 Å². The molecule has 0 saturated carbocycles. The van der Waals surface area contributed by atoms with Crippen LogP contribution in [0.5, 0.6) is 0 Å². The minimum absolute atomic E-state index is 0.0610. The van der Waals surface area contributed by atoms with Gasteiger partial charge >= 0.3 is 0 Å². The van der Waals surface area contributed by atoms with E-state index >= 15 is 0 Å². The molecule has 22 heavy (non-hydrogen) atoms. The first kappa shape index (κ1) is 13.4. The smallest absolute Gasteiger partial charge is 0.107 e. The third-order valence-corrected chi connectivity index (χ3v) is 4.75. The quantitative estimate of drug-likeness (QED) is 0.627. The fourth-order valence-corrected chi connectivity index (χ4v) is 3.59. The lowest BCUT2D eigenvalue weighted by molar-refractivity contribution is 0.516. The van der Waals surface area contributed by atoms with E-state index in [0.717, 1.165) is 28.8 Å². The van der Waals surface area contributed by atoms with E-state index in [2.05, 4.69) is 50.0 Å². The van der Waals surface area contributed by atoms with E-state index in [1.807, 2.05) is 6.07 Å². The van der Waals surface area contributed by atoms with Gasteiger partial charge in [-0.05, 0) is 22.6 Å². The molecule has 2 aromatic heterocycles. The standard InChI is InChI=1S/C19H19N3/c1-12-13-6-4-5-7-14(13)19(2,3)10-16-18(12)22-17-11-20-9-8-15(17)21-16/h4-9,11-12H,10H2,1-3H3. The Morgan fingerprint density at radius 1 is 1.05 bits per heavy atom. The Bertz CT molecular complexity index is 867. The molecule has 2 heterocycles. The van der Waals surface area contributed by atoms with Gasteiger partial charge in [0.2, 0.25) is 0 Å². The number of aromatic nitrogens is 3. The van der Waals surface area contributed by atoms with Crippen molar-refractivity contribution in [3.05, 3.63) is 65.2 Å². The molecule has 0 saturated heterocycles. The third-order valence-electron chi connectivity index (χ3n) is 4.75. The van der Waals surface area contributed by atoms with Gasteiger partial charge in [0.1, 0.15) is 5.52 Å². The van der Waals surface area contributed by atoms with Gasteiger partial charge in [0.15, 0.2) is 0 Å². The molecule has 3 heteroatoms. The van der Waals surface area contributed by atoms with Gasteiger partial charge in [-0.3, -0.25) is 4.98 Å². The van der Waals surface area contributed by atoms with E-state index in [-0.39, 0.29) is 11.3 Å². The zero-order chi connectivity index (χ0) is 15.3. The van der Waals surface area contributed by atoms with Crippen molar-refractivity contribution in [2.45, 2.75) is 38.5 Å². The number of benzene rings is 1. The molecule has 0 spiro atoms. The first-order valence-corrected chi connectivity index (χ1v) is 7.76. The Morgan fingerprint density at radius 3 is 2.73 bits per heavy atom. The molecular weight excluding hydrogens is 270 g/mol. The minimum atomic E-state index is 0.0610. The number of pyridine rings is 1. The number of nitrogens with zero attached hydrogens (tertiary/aromatic N) is 3. The summed E-state index contributed by atoms with van der Waals surface area (Å²) in [6.07, 6.45) is 4.50. The highest BCUT2D eigenvalue weighted by molar-refractivity contribution is 5.73. The maximum absolute atomic E-state index is 4.90. The maximum atomic E-state index is 4.90. The molecule has 0 amide bonds. The fourth-order valence-electron chi connectivity index (χ4n) is 3.59. The van der Waals surface area contributed by atoms with E-state index in [1.165, 1.54) is 11.1 Å². The SMILES string of the molecule is CC1c2ccccc2C(C)(C)Cc2nc3ccncc3nc21. The molecule has 0 radical (unpaired) electrons. The monoisotopic (exact) mass is 289 g/mol. The van der Waals surface area contributed by atoms with Gasteiger partial charge in [0.25, 0.3) is 0 Å². The van der Waals surface area contributed by atoms with Gasteiger partial charge in [-0.25, -0.2) is 9.97 Å². The van der Waals surface area contributed by atoms with Gasteiger partial charge in [-0.15, -0.1) is 0 Å². The lowest BCUT2D eigenvalue weighted by Gasteiger charge is -2.25. The molecule has 1 aliphatic rings. The summed E-state index contributed by atoms with van der Waals surface area (Å²) in [4.78, 5) is 14.0. The second-order valence-electron chi connectivity index (χ2n) is 6.79. The Hall–Kier alpha value is -2.29. The molecule has 1 atom stereocenters. The van der Waals surface area contributed by atoms with Crippen LogP contribution in [0.25, 0.3) is 11.0 Å². The van der Waals surface area contributed by atoms with Crippen molar-refractivity contribution in [2.75, 3.05) is 0 Å². The Balaban J connectivity index is 2.02. The van der Waals surface area contributed by atoms with E-state index in [0.29, 0.717) is 0 Å². The first-order chi connectivity index (χ1) is 10.6. The number of fused-ring (bicyclic) bond motifs is 3. The molecular formula is C19H19N3. The van der Waals surface area contributed by atoms with Crippen molar-refractivity contribution in [2.24, 2.45) is 0 Å². The van der Waals surface area contributed by atoms with Crippen molar-refractivity contribution in [1.29, 1.82) is 0 Å². The molecule has 4 rings (SSSR count). The maximum Gasteiger partial charge on any atom is 0.107 e. The first-order valence-electron chi connectivity index (χ1n) is 7.76. The summed E-state index contributed by atoms with van der Waals surface area (Å²) in [6.45, 7) is 6.83. The second kappa shape index (κ2) is 4.60. The summed E-state index contributed by atoms with van der Waals surface area (Å²) in [5.41, 5.74) is 6.86. The zero-order valence-corrected chi connectivity index (χ0v) is 13.2. The molecule has 110 valence electrons. The molecule has 3 aromatic rings. The number of hydrogen-bond acceptors (Lipinski definition) is 3. The highest BCUT2D eigenvalue weighted by atomic mass is 14.9. The molecule has 1 aromatic carbocycles. The Labute approximate surface area is 130 Å². The highest BCUT2D eigenvalue weighted by Gasteiger charge is 2.33. The van der Waals surface area contributed by atoms with Gasteiger partial charge < -0.3 is 0 Å². The molecule has 0 N–H and O–H groups in total. The zero-order valence-electron chi connectivity index (χ0n) is 13.2. The third kappa shape index (κ3) is 1.92. The van der Waals surface area contributed by atoms with Crippen LogP contribution in [-0.2, 0) is 11.8 Å². The highest BCUT2D eigenvalue weighted by Crippen LogP contribution is 2.40. The van der Waals surface area contributed by atoms with Gasteiger partial charge in [-0.1, -0.05) is 45.0 Å². The molecule has 3 nitrogen and oxygen atoms in total. The summed E-state index contributed by atoms with van der Waals surface area (Å²) >= 11 is 0. The van der Waals surface area contributed by atoms with Crippen LogP contribution in [-0.4, -0.2) is 15.0 Å². The molecule has 0 aliphatic heterocycles. The van der Waals surface area contributed by atoms with Crippen LogP contribution in [0.2, 0.25) is 0 Å². The average molecular weight is 289 g/mol. The lowest BCUT2D eigenvalue weighted by atomic mass is 9.79. The summed E-state index contributed by atoms with van der Waals surface area (Å²) in [6, 6.07) is 10.7. The van der Waals surface area contributed by atoms with E-state index in [4.69, 9.17) is 9.97 Å². The summed E-state index contributed by atoms with van der Waals surface area (Å²) in [7, 11) is 0. The van der Waals surface area contributed by atoms with E-state index in [1.54, 1.807) is 12.4 Å². The van der Waals surface area contributed by atoms with Crippen LogP contribution in [0.1, 0.15) is 49.2 Å². The summed E-state index contributed by atoms with van der Waals surface area (Å²) in [5, 5.41) is 0. The van der Waals surface area contributed by atoms with Crippen LogP contribution >= 0.6 is 0 Å². The van der Waals surface area contributed by atoms with Crippen LogP contribution < -0.4 is 0 Å². The summed E-state index contributed by atoms with van der Waals surface area (Å²) in [5.74, 6) is 0.255. The number of hydrogen-bond donors (Lipinski definition) is 0. The van der Waals surface area contributed by atoms with E-state index < -0.39 is 0 Å². The summed E-state index contributed by atoms with van der Waals surface area (Å²) < 4.78 is 0. The largest absolute Gasteiger partial charge is 0.262 e. The van der Waals surface area contributed by atoms with Crippen molar-refractivity contribution >= 4 is 11.0 Å². The van der Waals surface area contributed by atoms with E-state index in [9.17, 15) is 0 Å². The fraction of sp³-hybridized carbons (Fsp3) is 0.316. The normalized spacial score (nSPS) is 19.3. The molecule has 1 aliphatic carbocycles. The Kier molecular flexibility index (Phi) is 2.80. The topological polar surface area (TPSA) is 38.7 Å². The van der Waals surface area contributed by atoms with Crippen LogP contribution in [0, 0.1) is 0 Å². The molecule has 0 fully saturated rings. The predicted octanol–water partition coefficient (Wildman–Crippen LogP) is 4.01. The van der Waals surface area contributed by atoms with Crippen molar-refractivity contribution in [3.8, 4) is 0 Å². The van der Waals surface area contributed by atoms with Gasteiger partial charge in [-0.2, -0.15) is 0 Å². The minimum Gasteiger partial charge on any atom is -0.262 e.